The first kappa shape index (κ1) is 17.7. The third kappa shape index (κ3) is 3.59. The number of hydrogen-bond acceptors (Lipinski definition) is 4. The fourth-order valence-corrected chi connectivity index (χ4v) is 2.81. The number of carbonyl (C=O) groups is 1. The van der Waals surface area contributed by atoms with E-state index in [2.05, 4.69) is 10.2 Å². The van der Waals surface area contributed by atoms with Crippen LogP contribution in [-0.4, -0.2) is 19.0 Å². The Bertz CT molecular complexity index is 1010. The highest BCUT2D eigenvalue weighted by molar-refractivity contribution is 6.05. The highest BCUT2D eigenvalue weighted by Crippen LogP contribution is 2.22. The molecule has 0 spiro atoms. The molecule has 0 unspecified atom stereocenters. The lowest BCUT2D eigenvalue weighted by Crippen LogP contribution is -2.22. The molecule has 26 heavy (non-hydrogen) atoms. The van der Waals surface area contributed by atoms with Crippen LogP contribution >= 0.6 is 0 Å². The average Bonchev–Trinajstić information content (AvgIpc) is 2.62. The fraction of sp³-hybridized carbons (Fsp3) is 0.200. The summed E-state index contributed by atoms with van der Waals surface area (Å²) in [6.45, 7) is 5.76. The maximum atomic E-state index is 13.2. The molecular formula is C20H19FN2O3. The normalized spacial score (nSPS) is 10.7. The van der Waals surface area contributed by atoms with E-state index >= 15 is 0 Å². The molecular weight excluding hydrogens is 335 g/mol. The van der Waals surface area contributed by atoms with Crippen LogP contribution in [0, 0.1) is 5.82 Å². The maximum absolute atomic E-state index is 13.2. The van der Waals surface area contributed by atoms with Crippen molar-refractivity contribution in [2.75, 3.05) is 23.3 Å². The molecule has 0 aliphatic carbocycles. The van der Waals surface area contributed by atoms with Gasteiger partial charge in [-0.05, 0) is 50.2 Å². The van der Waals surface area contributed by atoms with Crippen LogP contribution in [0.1, 0.15) is 24.2 Å². The lowest BCUT2D eigenvalue weighted by molar-refractivity contribution is 0.102. The van der Waals surface area contributed by atoms with Crippen molar-refractivity contribution in [3.63, 3.8) is 0 Å². The smallest absolute Gasteiger partial charge is 0.349 e. The number of nitrogens with zero attached hydrogens (tertiary/aromatic N) is 1. The van der Waals surface area contributed by atoms with E-state index in [0.717, 1.165) is 18.8 Å². The van der Waals surface area contributed by atoms with Crippen LogP contribution in [0.3, 0.4) is 0 Å². The van der Waals surface area contributed by atoms with E-state index in [-0.39, 0.29) is 11.3 Å². The van der Waals surface area contributed by atoms with Gasteiger partial charge in [-0.3, -0.25) is 4.79 Å². The summed E-state index contributed by atoms with van der Waals surface area (Å²) >= 11 is 0. The molecule has 6 heteroatoms. The maximum Gasteiger partial charge on any atom is 0.349 e. The van der Waals surface area contributed by atoms with Crippen LogP contribution in [0.2, 0.25) is 0 Å². The summed E-state index contributed by atoms with van der Waals surface area (Å²) in [6, 6.07) is 12.5. The first-order valence-electron chi connectivity index (χ1n) is 8.41. The van der Waals surface area contributed by atoms with Gasteiger partial charge in [-0.15, -0.1) is 0 Å². The summed E-state index contributed by atoms with van der Waals surface area (Å²) in [5.41, 5.74) is 0.774. The minimum Gasteiger partial charge on any atom is -0.422 e. The molecule has 1 heterocycles. The predicted molar refractivity (Wildman–Crippen MR) is 100 cm³/mol. The molecule has 0 atom stereocenters. The van der Waals surface area contributed by atoms with Gasteiger partial charge >= 0.3 is 5.63 Å². The zero-order valence-electron chi connectivity index (χ0n) is 14.6. The Balaban J connectivity index is 1.94. The van der Waals surface area contributed by atoms with Gasteiger partial charge in [0.05, 0.1) is 0 Å². The zero-order chi connectivity index (χ0) is 18.7. The quantitative estimate of drug-likeness (QED) is 0.703. The van der Waals surface area contributed by atoms with Crippen molar-refractivity contribution in [2.45, 2.75) is 13.8 Å². The predicted octanol–water partition coefficient (Wildman–Crippen LogP) is 4.03. The molecule has 0 aliphatic rings. The molecule has 5 nitrogen and oxygen atoms in total. The van der Waals surface area contributed by atoms with Gasteiger partial charge in [0, 0.05) is 35.9 Å². The molecule has 0 aliphatic heterocycles. The standard InChI is InChI=1S/C20H19FN2O3/c1-3-23(4-2)16-9-8-13-10-17(20(25)26-18(13)12-16)19(24)22-15-7-5-6-14(21)11-15/h5-12H,3-4H2,1-2H3,(H,22,24). The summed E-state index contributed by atoms with van der Waals surface area (Å²) in [5, 5.41) is 3.15. The SMILES string of the molecule is CCN(CC)c1ccc2cc(C(=O)Nc3cccc(F)c3)c(=O)oc2c1. The number of halogens is 1. The van der Waals surface area contributed by atoms with Crippen LogP contribution in [0.5, 0.6) is 0 Å². The third-order valence-corrected chi connectivity index (χ3v) is 4.18. The van der Waals surface area contributed by atoms with Gasteiger partial charge in [0.15, 0.2) is 0 Å². The highest BCUT2D eigenvalue weighted by atomic mass is 19.1. The highest BCUT2D eigenvalue weighted by Gasteiger charge is 2.15. The molecule has 0 bridgehead atoms. The number of hydrogen-bond donors (Lipinski definition) is 1. The van der Waals surface area contributed by atoms with Gasteiger partial charge in [0.2, 0.25) is 0 Å². The number of benzene rings is 2. The van der Waals surface area contributed by atoms with Crippen LogP contribution in [0.15, 0.2) is 57.7 Å². The average molecular weight is 354 g/mol. The lowest BCUT2D eigenvalue weighted by atomic mass is 10.1. The summed E-state index contributed by atoms with van der Waals surface area (Å²) in [5.74, 6) is -1.11. The molecule has 3 rings (SSSR count). The van der Waals surface area contributed by atoms with E-state index in [1.807, 2.05) is 26.0 Å². The van der Waals surface area contributed by atoms with Gasteiger partial charge in [-0.2, -0.15) is 0 Å². The van der Waals surface area contributed by atoms with Crippen molar-refractivity contribution in [3.05, 3.63) is 70.3 Å². The molecule has 0 fully saturated rings. The topological polar surface area (TPSA) is 62.6 Å². The van der Waals surface area contributed by atoms with Gasteiger partial charge < -0.3 is 14.6 Å². The zero-order valence-corrected chi connectivity index (χ0v) is 14.6. The second kappa shape index (κ2) is 7.39. The summed E-state index contributed by atoms with van der Waals surface area (Å²) in [4.78, 5) is 26.7. The molecule has 1 N–H and O–H groups in total. The molecule has 0 saturated carbocycles. The van der Waals surface area contributed by atoms with Crippen LogP contribution < -0.4 is 15.8 Å². The second-order valence-electron chi connectivity index (χ2n) is 5.81. The van der Waals surface area contributed by atoms with Crippen molar-refractivity contribution in [1.29, 1.82) is 0 Å². The first-order valence-corrected chi connectivity index (χ1v) is 8.41. The Kier molecular flexibility index (Phi) is 5.02. The molecule has 3 aromatic rings. The lowest BCUT2D eigenvalue weighted by Gasteiger charge is -2.21. The van der Waals surface area contributed by atoms with Crippen molar-refractivity contribution in [3.8, 4) is 0 Å². The number of fused-ring (bicyclic) bond motifs is 1. The molecule has 134 valence electrons. The summed E-state index contributed by atoms with van der Waals surface area (Å²) < 4.78 is 18.6. The molecule has 1 amide bonds. The molecule has 0 radical (unpaired) electrons. The van der Waals surface area contributed by atoms with E-state index in [1.54, 1.807) is 12.1 Å². The van der Waals surface area contributed by atoms with Crippen LogP contribution in [-0.2, 0) is 0 Å². The summed E-state index contributed by atoms with van der Waals surface area (Å²) in [7, 11) is 0. The first-order chi connectivity index (χ1) is 12.5. The Labute approximate surface area is 150 Å². The van der Waals surface area contributed by atoms with E-state index in [0.29, 0.717) is 11.0 Å². The van der Waals surface area contributed by atoms with Crippen molar-refractivity contribution in [1.82, 2.24) is 0 Å². The van der Waals surface area contributed by atoms with E-state index < -0.39 is 17.3 Å². The monoisotopic (exact) mass is 354 g/mol. The Morgan fingerprint density at radius 3 is 2.58 bits per heavy atom. The Morgan fingerprint density at radius 1 is 1.12 bits per heavy atom. The number of amides is 1. The third-order valence-electron chi connectivity index (χ3n) is 4.18. The van der Waals surface area contributed by atoms with Crippen molar-refractivity contribution < 1.29 is 13.6 Å². The van der Waals surface area contributed by atoms with Gasteiger partial charge in [0.1, 0.15) is 17.0 Å². The van der Waals surface area contributed by atoms with E-state index in [1.165, 1.54) is 24.3 Å². The van der Waals surface area contributed by atoms with Crippen molar-refractivity contribution in [2.24, 2.45) is 0 Å². The van der Waals surface area contributed by atoms with Crippen LogP contribution in [0.4, 0.5) is 15.8 Å². The van der Waals surface area contributed by atoms with Gasteiger partial charge in [-0.25, -0.2) is 9.18 Å². The van der Waals surface area contributed by atoms with E-state index in [4.69, 9.17) is 4.42 Å². The molecule has 1 aromatic heterocycles. The fourth-order valence-electron chi connectivity index (χ4n) is 2.81. The summed E-state index contributed by atoms with van der Waals surface area (Å²) in [6.07, 6.45) is 0. The van der Waals surface area contributed by atoms with Crippen molar-refractivity contribution >= 4 is 28.3 Å². The number of nitrogens with one attached hydrogen (secondary N) is 1. The minimum atomic E-state index is -0.733. The number of carbonyl (C=O) groups excluding carboxylic acids is 1. The van der Waals surface area contributed by atoms with Gasteiger partial charge in [-0.1, -0.05) is 6.07 Å². The largest absolute Gasteiger partial charge is 0.422 e. The Hall–Kier alpha value is -3.15. The number of anilines is 2. The minimum absolute atomic E-state index is 0.127. The van der Waals surface area contributed by atoms with Gasteiger partial charge in [0.25, 0.3) is 5.91 Å². The second-order valence-corrected chi connectivity index (χ2v) is 5.81. The Morgan fingerprint density at radius 2 is 1.88 bits per heavy atom. The van der Waals surface area contributed by atoms with E-state index in [9.17, 15) is 14.0 Å². The molecule has 0 saturated heterocycles. The van der Waals surface area contributed by atoms with Crippen LogP contribution in [0.25, 0.3) is 11.0 Å². The molecule has 2 aromatic carbocycles. The number of rotatable bonds is 5.